The quantitative estimate of drug-likeness (QED) is 0.567. The van der Waals surface area contributed by atoms with Gasteiger partial charge in [0.05, 0.1) is 25.3 Å². The molecule has 0 bridgehead atoms. The first-order valence-corrected chi connectivity index (χ1v) is 10.2. The lowest BCUT2D eigenvalue weighted by Crippen LogP contribution is -2.30. The van der Waals surface area contributed by atoms with Gasteiger partial charge in [-0.3, -0.25) is 4.79 Å². The van der Waals surface area contributed by atoms with Crippen molar-refractivity contribution in [1.82, 2.24) is 10.5 Å². The van der Waals surface area contributed by atoms with E-state index in [-0.39, 0.29) is 12.3 Å². The van der Waals surface area contributed by atoms with Crippen molar-refractivity contribution in [1.29, 1.82) is 0 Å². The molecule has 1 saturated heterocycles. The van der Waals surface area contributed by atoms with Gasteiger partial charge in [-0.15, -0.1) is 0 Å². The predicted octanol–water partition coefficient (Wildman–Crippen LogP) is 3.30. The molecule has 1 aliphatic rings. The minimum absolute atomic E-state index is 0.0117. The highest BCUT2D eigenvalue weighted by Gasteiger charge is 2.17. The number of aryl methyl sites for hydroxylation is 1. The maximum Gasteiger partial charge on any atom is 0.226 e. The maximum absolute atomic E-state index is 12.0. The van der Waals surface area contributed by atoms with Crippen LogP contribution < -0.4 is 5.32 Å². The number of benzene rings is 1. The Labute approximate surface area is 166 Å². The molecule has 1 aromatic heterocycles. The van der Waals surface area contributed by atoms with E-state index in [0.29, 0.717) is 24.8 Å². The largest absolute Gasteiger partial charge is 0.381 e. The molecule has 6 nitrogen and oxygen atoms in total. The molecule has 3 rings (SSSR count). The van der Waals surface area contributed by atoms with Gasteiger partial charge in [0.2, 0.25) is 5.91 Å². The summed E-state index contributed by atoms with van der Waals surface area (Å²) in [6.07, 6.45) is 5.26. The van der Waals surface area contributed by atoms with Crippen LogP contribution in [0.15, 0.2) is 40.9 Å². The van der Waals surface area contributed by atoms with Crippen molar-refractivity contribution in [2.75, 3.05) is 26.4 Å². The van der Waals surface area contributed by atoms with Gasteiger partial charge in [-0.1, -0.05) is 41.9 Å². The van der Waals surface area contributed by atoms with Crippen molar-refractivity contribution in [3.63, 3.8) is 0 Å². The zero-order valence-electron chi connectivity index (χ0n) is 16.4. The lowest BCUT2D eigenvalue weighted by atomic mass is 10.1. The standard InChI is InChI=1S/C22H30N2O4/c25-22(23-15-19-10-12-27-17-19)14-20-13-21(28-24-20)9-5-2-6-11-26-16-18-7-3-1-4-8-18/h1,3-4,7-8,13,19H,2,5-6,9-12,14-17H2,(H,23,25). The number of aromatic nitrogens is 1. The molecule has 28 heavy (non-hydrogen) atoms. The summed E-state index contributed by atoms with van der Waals surface area (Å²) in [7, 11) is 0. The van der Waals surface area contributed by atoms with Gasteiger partial charge >= 0.3 is 0 Å². The molecule has 0 aliphatic carbocycles. The summed E-state index contributed by atoms with van der Waals surface area (Å²) in [4.78, 5) is 12.0. The van der Waals surface area contributed by atoms with Gasteiger partial charge in [-0.05, 0) is 24.8 Å². The third kappa shape index (κ3) is 7.44. The van der Waals surface area contributed by atoms with Crippen LogP contribution in [0.25, 0.3) is 0 Å². The second kappa shape index (κ2) is 11.6. The van der Waals surface area contributed by atoms with Gasteiger partial charge in [-0.25, -0.2) is 0 Å². The van der Waals surface area contributed by atoms with Crippen molar-refractivity contribution in [2.45, 2.75) is 45.1 Å². The number of hydrogen-bond donors (Lipinski definition) is 1. The minimum atomic E-state index is -0.0117. The van der Waals surface area contributed by atoms with Gasteiger partial charge in [-0.2, -0.15) is 0 Å². The van der Waals surface area contributed by atoms with Gasteiger partial charge in [0.15, 0.2) is 0 Å². The van der Waals surface area contributed by atoms with E-state index in [4.69, 9.17) is 14.0 Å². The molecule has 152 valence electrons. The lowest BCUT2D eigenvalue weighted by molar-refractivity contribution is -0.120. The summed E-state index contributed by atoms with van der Waals surface area (Å²) in [5.74, 6) is 1.27. The molecule has 1 aromatic carbocycles. The SMILES string of the molecule is O=C(Cc1cc(CCCCCOCc2ccccc2)on1)NCC1CCOC1. The molecule has 1 N–H and O–H groups in total. The van der Waals surface area contributed by atoms with Crippen molar-refractivity contribution in [3.8, 4) is 0 Å². The molecule has 1 atom stereocenters. The number of hydrogen-bond acceptors (Lipinski definition) is 5. The molecule has 0 spiro atoms. The van der Waals surface area contributed by atoms with Crippen LogP contribution in [0.4, 0.5) is 0 Å². The van der Waals surface area contributed by atoms with E-state index in [2.05, 4.69) is 22.6 Å². The molecular formula is C22H30N2O4. The summed E-state index contributed by atoms with van der Waals surface area (Å²) >= 11 is 0. The molecule has 0 radical (unpaired) electrons. The Morgan fingerprint density at radius 1 is 1.21 bits per heavy atom. The normalized spacial score (nSPS) is 16.4. The Morgan fingerprint density at radius 2 is 2.11 bits per heavy atom. The number of ether oxygens (including phenoxy) is 2. The summed E-state index contributed by atoms with van der Waals surface area (Å²) < 4.78 is 16.4. The third-order valence-corrected chi connectivity index (χ3v) is 4.88. The van der Waals surface area contributed by atoms with Gasteiger partial charge in [0, 0.05) is 38.2 Å². The Hall–Kier alpha value is -2.18. The minimum Gasteiger partial charge on any atom is -0.381 e. The summed E-state index contributed by atoms with van der Waals surface area (Å²) in [6.45, 7) is 3.65. The Morgan fingerprint density at radius 3 is 2.93 bits per heavy atom. The van der Waals surface area contributed by atoms with Crippen molar-refractivity contribution in [2.24, 2.45) is 5.92 Å². The van der Waals surface area contributed by atoms with Crippen LogP contribution in [0.3, 0.4) is 0 Å². The Balaban J connectivity index is 1.22. The summed E-state index contributed by atoms with van der Waals surface area (Å²) in [6, 6.07) is 12.1. The van der Waals surface area contributed by atoms with Gasteiger partial charge in [0.25, 0.3) is 0 Å². The van der Waals surface area contributed by atoms with E-state index in [1.165, 1.54) is 5.56 Å². The van der Waals surface area contributed by atoms with E-state index in [1.807, 2.05) is 24.3 Å². The molecule has 1 fully saturated rings. The monoisotopic (exact) mass is 386 g/mol. The number of unbranched alkanes of at least 4 members (excludes halogenated alkanes) is 2. The first-order chi connectivity index (χ1) is 13.8. The molecule has 1 amide bonds. The van der Waals surface area contributed by atoms with Crippen molar-refractivity contribution in [3.05, 3.63) is 53.4 Å². The molecule has 0 saturated carbocycles. The van der Waals surface area contributed by atoms with E-state index in [0.717, 1.165) is 57.7 Å². The first kappa shape index (κ1) is 20.6. The van der Waals surface area contributed by atoms with Crippen LogP contribution in [-0.4, -0.2) is 37.4 Å². The second-order valence-corrected chi connectivity index (χ2v) is 7.34. The van der Waals surface area contributed by atoms with E-state index in [9.17, 15) is 4.79 Å². The van der Waals surface area contributed by atoms with Gasteiger partial charge in [0.1, 0.15) is 5.76 Å². The zero-order valence-corrected chi connectivity index (χ0v) is 16.4. The topological polar surface area (TPSA) is 73.6 Å². The predicted molar refractivity (Wildman–Crippen MR) is 106 cm³/mol. The third-order valence-electron chi connectivity index (χ3n) is 4.88. The van der Waals surface area contributed by atoms with E-state index >= 15 is 0 Å². The molecule has 1 aliphatic heterocycles. The number of amides is 1. The summed E-state index contributed by atoms with van der Waals surface area (Å²) in [5.41, 5.74) is 1.90. The number of carbonyl (C=O) groups is 1. The van der Waals surface area contributed by atoms with Gasteiger partial charge < -0.3 is 19.3 Å². The number of rotatable bonds is 12. The highest BCUT2D eigenvalue weighted by atomic mass is 16.5. The highest BCUT2D eigenvalue weighted by molar-refractivity contribution is 5.78. The van der Waals surface area contributed by atoms with E-state index in [1.54, 1.807) is 0 Å². The fourth-order valence-electron chi connectivity index (χ4n) is 3.23. The van der Waals surface area contributed by atoms with Crippen LogP contribution in [0, 0.1) is 5.92 Å². The zero-order chi connectivity index (χ0) is 19.4. The summed E-state index contributed by atoms with van der Waals surface area (Å²) in [5, 5.41) is 6.96. The molecule has 6 heteroatoms. The van der Waals surface area contributed by atoms with Crippen LogP contribution in [0.1, 0.15) is 42.7 Å². The molecule has 2 aromatic rings. The number of nitrogens with one attached hydrogen (secondary N) is 1. The average Bonchev–Trinajstić information content (AvgIpc) is 3.38. The van der Waals surface area contributed by atoms with Crippen molar-refractivity contribution < 1.29 is 18.8 Å². The number of carbonyl (C=O) groups excluding carboxylic acids is 1. The van der Waals surface area contributed by atoms with Crippen LogP contribution >= 0.6 is 0 Å². The molecule has 1 unspecified atom stereocenters. The maximum atomic E-state index is 12.0. The molecular weight excluding hydrogens is 356 g/mol. The first-order valence-electron chi connectivity index (χ1n) is 10.2. The van der Waals surface area contributed by atoms with E-state index < -0.39 is 0 Å². The average molecular weight is 386 g/mol. The second-order valence-electron chi connectivity index (χ2n) is 7.34. The van der Waals surface area contributed by atoms with Crippen LogP contribution in [0.2, 0.25) is 0 Å². The van der Waals surface area contributed by atoms with Crippen molar-refractivity contribution >= 4 is 5.91 Å². The molecule has 2 heterocycles. The Bertz CT molecular complexity index is 696. The smallest absolute Gasteiger partial charge is 0.226 e. The fourth-order valence-corrected chi connectivity index (χ4v) is 3.23. The van der Waals surface area contributed by atoms with Crippen LogP contribution in [-0.2, 0) is 33.7 Å². The van der Waals surface area contributed by atoms with Crippen LogP contribution in [0.5, 0.6) is 0 Å². The lowest BCUT2D eigenvalue weighted by Gasteiger charge is -2.08. The fraction of sp³-hybridized carbons (Fsp3) is 0.545. The highest BCUT2D eigenvalue weighted by Crippen LogP contribution is 2.12. The Kier molecular flexibility index (Phi) is 8.53. The number of nitrogens with zero attached hydrogens (tertiary/aromatic N) is 1.